The summed E-state index contributed by atoms with van der Waals surface area (Å²) in [6.07, 6.45) is 1.69. The van der Waals surface area contributed by atoms with Crippen molar-refractivity contribution in [3.63, 3.8) is 0 Å². The molecule has 0 aliphatic carbocycles. The Morgan fingerprint density at radius 1 is 1.30 bits per heavy atom. The van der Waals surface area contributed by atoms with Crippen molar-refractivity contribution in [3.05, 3.63) is 28.1 Å². The van der Waals surface area contributed by atoms with Gasteiger partial charge in [-0.15, -0.1) is 0 Å². The molecule has 9 heteroatoms. The number of aromatic amines is 1. The SMILES string of the molecule is CC.CCNCC.CNCCN1CCOCC1.O=Cc1cc([N+](=O)[O-])c[nH]1. The first-order chi connectivity index (χ1) is 13.1. The predicted octanol–water partition coefficient (Wildman–Crippen LogP) is 1.92. The summed E-state index contributed by atoms with van der Waals surface area (Å²) in [6, 6.07) is 1.17. The van der Waals surface area contributed by atoms with Crippen molar-refractivity contribution in [2.45, 2.75) is 27.7 Å². The molecule has 0 unspecified atom stereocenters. The third-order valence-corrected chi connectivity index (χ3v) is 3.31. The summed E-state index contributed by atoms with van der Waals surface area (Å²) >= 11 is 0. The number of hydrogen-bond donors (Lipinski definition) is 3. The highest BCUT2D eigenvalue weighted by atomic mass is 16.6. The average Bonchev–Trinajstić information content (AvgIpc) is 3.20. The Hall–Kier alpha value is -1.81. The van der Waals surface area contributed by atoms with Gasteiger partial charge in [-0.05, 0) is 20.1 Å². The van der Waals surface area contributed by atoms with E-state index in [4.69, 9.17) is 4.74 Å². The lowest BCUT2D eigenvalue weighted by atomic mass is 10.4. The van der Waals surface area contributed by atoms with Crippen LogP contribution in [0, 0.1) is 10.1 Å². The maximum Gasteiger partial charge on any atom is 0.287 e. The van der Waals surface area contributed by atoms with E-state index in [1.807, 2.05) is 20.9 Å². The van der Waals surface area contributed by atoms with Crippen LogP contribution in [0.25, 0.3) is 0 Å². The number of carbonyl (C=O) groups excluding carboxylic acids is 1. The number of rotatable bonds is 7. The number of H-pyrrole nitrogens is 1. The molecule has 1 aliphatic rings. The van der Waals surface area contributed by atoms with Crippen molar-refractivity contribution in [2.75, 3.05) is 59.5 Å². The maximum absolute atomic E-state index is 10.00. The highest BCUT2D eigenvalue weighted by Crippen LogP contribution is 2.09. The predicted molar refractivity (Wildman–Crippen MR) is 110 cm³/mol. The van der Waals surface area contributed by atoms with Gasteiger partial charge in [0.2, 0.25) is 0 Å². The Morgan fingerprint density at radius 2 is 1.89 bits per heavy atom. The number of morpholine rings is 1. The van der Waals surface area contributed by atoms with E-state index < -0.39 is 4.92 Å². The Bertz CT molecular complexity index is 460. The van der Waals surface area contributed by atoms with Gasteiger partial charge in [-0.3, -0.25) is 19.8 Å². The van der Waals surface area contributed by atoms with Crippen LogP contribution in [-0.2, 0) is 4.74 Å². The van der Waals surface area contributed by atoms with Gasteiger partial charge in [0.25, 0.3) is 5.69 Å². The van der Waals surface area contributed by atoms with Crippen LogP contribution in [0.3, 0.4) is 0 Å². The molecule has 0 atom stereocenters. The Labute approximate surface area is 163 Å². The van der Waals surface area contributed by atoms with E-state index in [9.17, 15) is 14.9 Å². The summed E-state index contributed by atoms with van der Waals surface area (Å²) in [4.78, 5) is 24.3. The van der Waals surface area contributed by atoms with Crippen LogP contribution < -0.4 is 10.6 Å². The van der Waals surface area contributed by atoms with E-state index >= 15 is 0 Å². The molecule has 1 saturated heterocycles. The summed E-state index contributed by atoms with van der Waals surface area (Å²) < 4.78 is 5.22. The van der Waals surface area contributed by atoms with Gasteiger partial charge in [0.15, 0.2) is 6.29 Å². The highest BCUT2D eigenvalue weighted by Gasteiger charge is 2.08. The Balaban J connectivity index is 0. The van der Waals surface area contributed by atoms with Gasteiger partial charge >= 0.3 is 0 Å². The number of aromatic nitrogens is 1. The van der Waals surface area contributed by atoms with Gasteiger partial charge in [-0.25, -0.2) is 0 Å². The molecule has 3 N–H and O–H groups in total. The van der Waals surface area contributed by atoms with E-state index in [-0.39, 0.29) is 11.4 Å². The molecule has 1 fully saturated rings. The molecule has 9 nitrogen and oxygen atoms in total. The number of nitrogens with zero attached hydrogens (tertiary/aromatic N) is 2. The van der Waals surface area contributed by atoms with E-state index in [0.717, 1.165) is 52.5 Å². The largest absolute Gasteiger partial charge is 0.379 e. The molecule has 0 saturated carbocycles. The highest BCUT2D eigenvalue weighted by molar-refractivity contribution is 5.73. The first kappa shape index (κ1) is 27.4. The van der Waals surface area contributed by atoms with Gasteiger partial charge in [0.1, 0.15) is 0 Å². The molecular formula is C18H37N5O4. The van der Waals surface area contributed by atoms with Gasteiger partial charge < -0.3 is 20.4 Å². The van der Waals surface area contributed by atoms with Crippen LogP contribution in [0.2, 0.25) is 0 Å². The molecule has 27 heavy (non-hydrogen) atoms. The summed E-state index contributed by atoms with van der Waals surface area (Å²) in [7, 11) is 1.99. The number of aldehydes is 1. The van der Waals surface area contributed by atoms with Crippen LogP contribution in [0.15, 0.2) is 12.3 Å². The van der Waals surface area contributed by atoms with Gasteiger partial charge in [-0.1, -0.05) is 27.7 Å². The molecule has 1 aliphatic heterocycles. The zero-order valence-corrected chi connectivity index (χ0v) is 17.4. The average molecular weight is 388 g/mol. The van der Waals surface area contributed by atoms with E-state index in [1.165, 1.54) is 12.3 Å². The minimum absolute atomic E-state index is 0.0953. The maximum atomic E-state index is 10.00. The molecule has 0 spiro atoms. The van der Waals surface area contributed by atoms with Gasteiger partial charge in [0, 0.05) is 32.2 Å². The van der Waals surface area contributed by atoms with Crippen molar-refractivity contribution >= 4 is 12.0 Å². The summed E-state index contributed by atoms with van der Waals surface area (Å²) in [6.45, 7) is 16.6. The normalized spacial score (nSPS) is 13.1. The minimum atomic E-state index is -0.566. The number of carbonyl (C=O) groups is 1. The smallest absolute Gasteiger partial charge is 0.287 e. The molecule has 1 aromatic heterocycles. The Kier molecular flexibility index (Phi) is 20.8. The first-order valence-corrected chi connectivity index (χ1v) is 9.52. The van der Waals surface area contributed by atoms with E-state index in [1.54, 1.807) is 0 Å². The molecule has 158 valence electrons. The Morgan fingerprint density at radius 3 is 2.22 bits per heavy atom. The summed E-state index contributed by atoms with van der Waals surface area (Å²) in [5.74, 6) is 0. The first-order valence-electron chi connectivity index (χ1n) is 9.52. The quantitative estimate of drug-likeness (QED) is 0.372. The summed E-state index contributed by atoms with van der Waals surface area (Å²) in [5, 5.41) is 16.2. The molecule has 2 rings (SSSR count). The van der Waals surface area contributed by atoms with E-state index in [0.29, 0.717) is 6.29 Å². The fourth-order valence-corrected chi connectivity index (χ4v) is 1.92. The fraction of sp³-hybridized carbons (Fsp3) is 0.722. The molecule has 0 amide bonds. The van der Waals surface area contributed by atoms with E-state index in [2.05, 4.69) is 34.4 Å². The summed E-state index contributed by atoms with van der Waals surface area (Å²) in [5.41, 5.74) is 0.119. The fourth-order valence-electron chi connectivity index (χ4n) is 1.92. The molecule has 1 aromatic rings. The lowest BCUT2D eigenvalue weighted by Crippen LogP contribution is -2.39. The van der Waals surface area contributed by atoms with Crippen molar-refractivity contribution < 1.29 is 14.5 Å². The molecule has 0 bridgehead atoms. The lowest BCUT2D eigenvalue weighted by Gasteiger charge is -2.26. The molecule has 2 heterocycles. The minimum Gasteiger partial charge on any atom is -0.379 e. The van der Waals surface area contributed by atoms with Crippen molar-refractivity contribution in [1.29, 1.82) is 0 Å². The van der Waals surface area contributed by atoms with Crippen LogP contribution in [-0.4, -0.2) is 80.6 Å². The number of hydrogen-bond acceptors (Lipinski definition) is 7. The van der Waals surface area contributed by atoms with Crippen molar-refractivity contribution in [1.82, 2.24) is 20.5 Å². The number of ether oxygens (including phenoxy) is 1. The molecule has 0 aromatic carbocycles. The van der Waals surface area contributed by atoms with Crippen LogP contribution in [0.4, 0.5) is 5.69 Å². The van der Waals surface area contributed by atoms with Crippen molar-refractivity contribution in [3.8, 4) is 0 Å². The second-order valence-electron chi connectivity index (χ2n) is 5.20. The zero-order chi connectivity index (χ0) is 20.9. The molecular weight excluding hydrogens is 350 g/mol. The monoisotopic (exact) mass is 387 g/mol. The number of nitrogens with one attached hydrogen (secondary N) is 3. The second kappa shape index (κ2) is 20.5. The van der Waals surface area contributed by atoms with Gasteiger partial charge in [-0.2, -0.15) is 0 Å². The van der Waals surface area contributed by atoms with Gasteiger partial charge in [0.05, 0.1) is 30.0 Å². The van der Waals surface area contributed by atoms with Crippen LogP contribution >= 0.6 is 0 Å². The third kappa shape index (κ3) is 16.1. The molecule has 0 radical (unpaired) electrons. The van der Waals surface area contributed by atoms with Crippen LogP contribution in [0.1, 0.15) is 38.2 Å². The number of likely N-dealkylation sites (N-methyl/N-ethyl adjacent to an activating group) is 1. The second-order valence-corrected chi connectivity index (χ2v) is 5.20. The topological polar surface area (TPSA) is 113 Å². The lowest BCUT2D eigenvalue weighted by molar-refractivity contribution is -0.384. The van der Waals surface area contributed by atoms with Crippen LogP contribution in [0.5, 0.6) is 0 Å². The number of nitro groups is 1. The standard InChI is InChI=1S/C7H16N2O.C5H4N2O3.C4H11N.C2H6/c1-8-2-3-9-4-6-10-7-5-9;8-3-4-1-5(2-6-4)7(9)10;1-3-5-4-2;1-2/h8H,2-7H2,1H3;1-3,6H;5H,3-4H2,1-2H3;1-2H3. The van der Waals surface area contributed by atoms with Crippen molar-refractivity contribution in [2.24, 2.45) is 0 Å². The zero-order valence-electron chi connectivity index (χ0n) is 17.4. The third-order valence-electron chi connectivity index (χ3n) is 3.31.